The number of nitrogens with one attached hydrogen (secondary N) is 4. The molecule has 3 aliphatic rings. The summed E-state index contributed by atoms with van der Waals surface area (Å²) in [5, 5.41) is 17.7. The van der Waals surface area contributed by atoms with Gasteiger partial charge < -0.3 is 30.9 Å². The van der Waals surface area contributed by atoms with Crippen LogP contribution in [0.2, 0.25) is 0 Å². The number of aromatic nitrogens is 4. The Morgan fingerprint density at radius 2 is 1.74 bits per heavy atom. The number of nitrogens with zero attached hydrogens (tertiary/aromatic N) is 5. The number of amides is 5. The lowest BCUT2D eigenvalue weighted by atomic mass is 9.80. The smallest absolute Gasteiger partial charge is 0.315 e. The van der Waals surface area contributed by atoms with Gasteiger partial charge in [0, 0.05) is 25.0 Å². The van der Waals surface area contributed by atoms with Crippen LogP contribution in [0.5, 0.6) is 5.88 Å². The fraction of sp³-hybridized carbons (Fsp3) is 0.632. The van der Waals surface area contributed by atoms with E-state index < -0.39 is 64.7 Å². The third-order valence-corrected chi connectivity index (χ3v) is 11.0. The highest BCUT2D eigenvalue weighted by molar-refractivity contribution is 7.17. The highest BCUT2D eigenvalue weighted by Gasteiger charge is 2.47. The number of rotatable bonds is 12. The van der Waals surface area contributed by atoms with Crippen LogP contribution in [0.3, 0.4) is 0 Å². The van der Waals surface area contributed by atoms with Crippen molar-refractivity contribution in [2.75, 3.05) is 6.54 Å². The molecule has 2 aliphatic carbocycles. The molecule has 3 fully saturated rings. The molecule has 292 valence electrons. The van der Waals surface area contributed by atoms with Crippen LogP contribution in [0.15, 0.2) is 17.5 Å². The van der Waals surface area contributed by atoms with Crippen LogP contribution in [0.4, 0.5) is 4.79 Å². The molecular formula is C38H53N9O6S. The van der Waals surface area contributed by atoms with Crippen molar-refractivity contribution in [3.05, 3.63) is 23.2 Å². The fourth-order valence-electron chi connectivity index (χ4n) is 6.91. The van der Waals surface area contributed by atoms with Crippen molar-refractivity contribution in [3.8, 4) is 17.4 Å². The molecule has 0 aromatic carbocycles. The number of Topliss-reactive ketones (excluding diaryl/α,β-unsaturated/α-hetero) is 1. The van der Waals surface area contributed by atoms with Gasteiger partial charge in [-0.25, -0.2) is 9.78 Å². The lowest BCUT2D eigenvalue weighted by Crippen LogP contribution is -2.61. The van der Waals surface area contributed by atoms with Crippen LogP contribution < -0.4 is 26.0 Å². The molecule has 4 N–H and O–H groups in total. The normalized spacial score (nSPS) is 20.2. The maximum Gasteiger partial charge on any atom is 0.315 e. The van der Waals surface area contributed by atoms with Crippen LogP contribution in [0.25, 0.3) is 21.7 Å². The average Bonchev–Trinajstić information content (AvgIpc) is 3.40. The second-order valence-corrected chi connectivity index (χ2v) is 18.0. The molecule has 54 heavy (non-hydrogen) atoms. The summed E-state index contributed by atoms with van der Waals surface area (Å²) in [6.45, 7) is 12.9. The van der Waals surface area contributed by atoms with Crippen molar-refractivity contribution in [1.29, 1.82) is 0 Å². The first-order valence-electron chi connectivity index (χ1n) is 18.8. The van der Waals surface area contributed by atoms with Crippen molar-refractivity contribution in [2.24, 2.45) is 18.4 Å². The number of hydrogen-bond acceptors (Lipinski definition) is 10. The zero-order chi connectivity index (χ0) is 39.1. The van der Waals surface area contributed by atoms with E-state index in [4.69, 9.17) is 14.7 Å². The summed E-state index contributed by atoms with van der Waals surface area (Å²) < 4.78 is 9.00. The quantitative estimate of drug-likeness (QED) is 0.199. The molecule has 1 aliphatic heterocycles. The molecule has 3 aromatic heterocycles. The number of likely N-dealkylation sites (tertiary alicyclic amines) is 1. The molecule has 4 heterocycles. The van der Waals surface area contributed by atoms with Gasteiger partial charge in [0.2, 0.25) is 23.5 Å². The van der Waals surface area contributed by atoms with Gasteiger partial charge in [0.15, 0.2) is 5.82 Å². The fourth-order valence-corrected chi connectivity index (χ4v) is 7.67. The first-order valence-corrected chi connectivity index (χ1v) is 19.7. The third kappa shape index (κ3) is 9.19. The van der Waals surface area contributed by atoms with E-state index in [1.807, 2.05) is 73.0 Å². The summed E-state index contributed by atoms with van der Waals surface area (Å²) in [5.41, 5.74) is 0.881. The molecule has 0 radical (unpaired) electrons. The highest BCUT2D eigenvalue weighted by atomic mass is 32.1. The van der Waals surface area contributed by atoms with E-state index in [-0.39, 0.29) is 24.9 Å². The van der Waals surface area contributed by atoms with E-state index >= 15 is 0 Å². The van der Waals surface area contributed by atoms with Gasteiger partial charge in [0.25, 0.3) is 5.91 Å². The maximum absolute atomic E-state index is 14.6. The Labute approximate surface area is 319 Å². The Morgan fingerprint density at radius 3 is 2.33 bits per heavy atom. The van der Waals surface area contributed by atoms with Crippen LogP contribution in [-0.4, -0.2) is 96.5 Å². The minimum atomic E-state index is -1.07. The lowest BCUT2D eigenvalue weighted by Gasteiger charge is -2.36. The minimum Gasteiger partial charge on any atom is -0.471 e. The number of carbonyl (C=O) groups is 5. The van der Waals surface area contributed by atoms with E-state index in [0.29, 0.717) is 34.0 Å². The number of thiophene rings is 1. The predicted octanol–water partition coefficient (Wildman–Crippen LogP) is 3.78. The van der Waals surface area contributed by atoms with Crippen LogP contribution >= 0.6 is 11.3 Å². The number of carbonyl (C=O) groups excluding carboxylic acids is 5. The monoisotopic (exact) mass is 763 g/mol. The molecule has 1 saturated heterocycles. The third-order valence-electron chi connectivity index (χ3n) is 10.1. The number of hydrogen-bond donors (Lipinski definition) is 4. The van der Waals surface area contributed by atoms with Gasteiger partial charge in [-0.05, 0) is 75.8 Å². The predicted molar refractivity (Wildman–Crippen MR) is 204 cm³/mol. The molecule has 4 atom stereocenters. The topological polar surface area (TPSA) is 190 Å². The number of ether oxygens (including phenoxy) is 1. The molecule has 0 spiro atoms. The van der Waals surface area contributed by atoms with Gasteiger partial charge >= 0.3 is 6.03 Å². The second kappa shape index (κ2) is 15.3. The van der Waals surface area contributed by atoms with Crippen LogP contribution in [0, 0.1) is 18.3 Å². The number of fused-ring (bicyclic) bond motifs is 1. The summed E-state index contributed by atoms with van der Waals surface area (Å²) in [6.07, 6.45) is 4.25. The van der Waals surface area contributed by atoms with Crippen molar-refractivity contribution >= 4 is 51.1 Å². The van der Waals surface area contributed by atoms with Crippen LogP contribution in [-0.2, 0) is 26.2 Å². The second-order valence-electron chi connectivity index (χ2n) is 17.1. The van der Waals surface area contributed by atoms with Gasteiger partial charge in [-0.1, -0.05) is 40.0 Å². The Morgan fingerprint density at radius 1 is 1.02 bits per heavy atom. The summed E-state index contributed by atoms with van der Waals surface area (Å²) in [6, 6.07) is 0.105. The molecule has 0 unspecified atom stereocenters. The van der Waals surface area contributed by atoms with Gasteiger partial charge in [-0.15, -0.1) is 11.3 Å². The Hall–Kier alpha value is -4.60. The van der Waals surface area contributed by atoms with E-state index in [9.17, 15) is 24.0 Å². The van der Waals surface area contributed by atoms with E-state index in [1.165, 1.54) is 16.2 Å². The first kappa shape index (κ1) is 39.1. The molecule has 2 saturated carbocycles. The van der Waals surface area contributed by atoms with Crippen molar-refractivity contribution in [2.45, 2.75) is 129 Å². The van der Waals surface area contributed by atoms with Gasteiger partial charge in [0.05, 0.1) is 23.8 Å². The van der Waals surface area contributed by atoms with Crippen LogP contribution in [0.1, 0.15) is 92.2 Å². The van der Waals surface area contributed by atoms with Crippen molar-refractivity contribution in [3.63, 3.8) is 0 Å². The number of ketones is 1. The van der Waals surface area contributed by atoms with Gasteiger partial charge in [-0.2, -0.15) is 10.1 Å². The first-order chi connectivity index (χ1) is 25.4. The van der Waals surface area contributed by atoms with E-state index in [0.717, 1.165) is 37.8 Å². The Balaban J connectivity index is 1.30. The largest absolute Gasteiger partial charge is 0.471 e. The summed E-state index contributed by atoms with van der Waals surface area (Å²) >= 11 is 1.42. The molecule has 15 nitrogen and oxygen atoms in total. The SMILES string of the molecule is Cc1cc(-c2nc(O[C@@H]3C[C@@H](C(=O)N[C@@H](CC4CCC4)C(=O)C(=O)NC4CC4)N(C(=O)[C@@H](NC(=O)NC(C)(C)C)C(C)(C)C)C3)c3sccc3n2)n(C)n1. The average molecular weight is 764 g/mol. The number of urea groups is 1. The zero-order valence-electron chi connectivity index (χ0n) is 32.4. The summed E-state index contributed by atoms with van der Waals surface area (Å²) in [4.78, 5) is 79.5. The molecule has 6 rings (SSSR count). The minimum absolute atomic E-state index is 0.00645. The summed E-state index contributed by atoms with van der Waals surface area (Å²) in [5.74, 6) is -1.47. The highest BCUT2D eigenvalue weighted by Crippen LogP contribution is 2.35. The molecule has 16 heteroatoms. The molecular weight excluding hydrogens is 711 g/mol. The van der Waals surface area contributed by atoms with E-state index in [2.05, 4.69) is 26.4 Å². The van der Waals surface area contributed by atoms with Gasteiger partial charge in [0.1, 0.15) is 28.6 Å². The van der Waals surface area contributed by atoms with Gasteiger partial charge in [-0.3, -0.25) is 23.9 Å². The van der Waals surface area contributed by atoms with Crippen molar-refractivity contribution < 1.29 is 28.7 Å². The number of aryl methyl sites for hydroxylation is 2. The maximum atomic E-state index is 14.6. The van der Waals surface area contributed by atoms with E-state index in [1.54, 1.807) is 4.68 Å². The van der Waals surface area contributed by atoms with Crippen molar-refractivity contribution in [1.82, 2.24) is 45.9 Å². The standard InChI is InChI=1S/C38H53N9O6S/c1-20-16-26(46(8)45-20)31-40-24-14-15-54-29(24)34(43-31)53-23-18-27(47(19-23)35(51)30(37(2,3)4)42-36(52)44-38(5,6)7)32(49)41-25(17-21-10-9-11-21)28(48)33(50)39-22-12-13-22/h14-16,21-23,25,27,30H,9-13,17-19H2,1-8H3,(H,39,50)(H,41,49)(H2,42,44,52)/t23-,25+,27+,30-/m1/s1. The molecule has 5 amide bonds. The summed E-state index contributed by atoms with van der Waals surface area (Å²) in [7, 11) is 1.81. The molecule has 0 bridgehead atoms. The Kier molecular flexibility index (Phi) is 11.1. The lowest BCUT2D eigenvalue weighted by molar-refractivity contribution is -0.144. The Bertz CT molecular complexity index is 1920. The zero-order valence-corrected chi connectivity index (χ0v) is 33.3. The molecule has 3 aromatic rings.